The zero-order valence-corrected chi connectivity index (χ0v) is 9.08. The molecule has 0 spiro atoms. The summed E-state index contributed by atoms with van der Waals surface area (Å²) in [6.45, 7) is 6.97. The molecule has 0 fully saturated rings. The smallest absolute Gasteiger partial charge is 0.00977 e. The molecular weight excluding hydrogens is 152 g/mol. The van der Waals surface area contributed by atoms with Crippen LogP contribution in [0.2, 0.25) is 0 Å². The van der Waals surface area contributed by atoms with Crippen molar-refractivity contribution < 1.29 is 0 Å². The highest BCUT2D eigenvalue weighted by Gasteiger charge is 2.19. The second-order valence-electron chi connectivity index (χ2n) is 3.74. The molecule has 0 nitrogen and oxygen atoms in total. The molecule has 1 unspecified atom stereocenters. The molecule has 0 bridgehead atoms. The molecule has 68 valence electrons. The summed E-state index contributed by atoms with van der Waals surface area (Å²) >= 11 is 4.24. The van der Waals surface area contributed by atoms with Gasteiger partial charge < -0.3 is 0 Å². The summed E-state index contributed by atoms with van der Waals surface area (Å²) in [5.41, 5.74) is 0.595. The van der Waals surface area contributed by atoms with Crippen molar-refractivity contribution >= 4 is 12.6 Å². The summed E-state index contributed by atoms with van der Waals surface area (Å²) in [5, 5.41) is 0. The van der Waals surface area contributed by atoms with Crippen molar-refractivity contribution in [3.05, 3.63) is 0 Å². The highest BCUT2D eigenvalue weighted by molar-refractivity contribution is 7.80. The Morgan fingerprint density at radius 2 is 1.82 bits per heavy atom. The Balaban J connectivity index is 3.68. The molecule has 0 radical (unpaired) electrons. The van der Waals surface area contributed by atoms with Gasteiger partial charge in [-0.1, -0.05) is 33.6 Å². The topological polar surface area (TPSA) is 0 Å². The maximum absolute atomic E-state index is 4.24. The number of rotatable bonds is 6. The van der Waals surface area contributed by atoms with E-state index in [-0.39, 0.29) is 0 Å². The van der Waals surface area contributed by atoms with Gasteiger partial charge in [-0.25, -0.2) is 0 Å². The molecule has 0 aromatic carbocycles. The average molecular weight is 174 g/mol. The molecule has 0 aromatic heterocycles. The first-order valence-electron chi connectivity index (χ1n) is 4.79. The van der Waals surface area contributed by atoms with Crippen molar-refractivity contribution in [2.24, 2.45) is 5.41 Å². The minimum Gasteiger partial charge on any atom is -0.179 e. The highest BCUT2D eigenvalue weighted by atomic mass is 32.1. The monoisotopic (exact) mass is 174 g/mol. The van der Waals surface area contributed by atoms with E-state index in [0.717, 1.165) is 5.75 Å². The van der Waals surface area contributed by atoms with Gasteiger partial charge in [0.1, 0.15) is 0 Å². The highest BCUT2D eigenvalue weighted by Crippen LogP contribution is 2.32. The molecule has 0 saturated carbocycles. The van der Waals surface area contributed by atoms with Gasteiger partial charge in [0.15, 0.2) is 0 Å². The third kappa shape index (κ3) is 4.73. The standard InChI is InChI=1S/C10H22S/c1-4-7-10(3,5-2)8-6-9-11/h11H,4-9H2,1-3H3. The van der Waals surface area contributed by atoms with Gasteiger partial charge in [0.25, 0.3) is 0 Å². The van der Waals surface area contributed by atoms with Gasteiger partial charge in [0, 0.05) is 0 Å². The molecule has 0 aliphatic rings. The van der Waals surface area contributed by atoms with Crippen LogP contribution in [0.5, 0.6) is 0 Å². The van der Waals surface area contributed by atoms with Crippen LogP contribution in [0.1, 0.15) is 52.9 Å². The molecule has 1 heteroatoms. The third-order valence-electron chi connectivity index (χ3n) is 2.65. The largest absolute Gasteiger partial charge is 0.179 e. The van der Waals surface area contributed by atoms with E-state index in [0.29, 0.717) is 5.41 Å². The Bertz CT molecular complexity index is 90.9. The molecule has 0 heterocycles. The second kappa shape index (κ2) is 5.93. The van der Waals surface area contributed by atoms with Gasteiger partial charge in [-0.15, -0.1) is 0 Å². The summed E-state index contributed by atoms with van der Waals surface area (Å²) < 4.78 is 0. The molecule has 0 aliphatic heterocycles. The van der Waals surface area contributed by atoms with Crippen LogP contribution in [0.3, 0.4) is 0 Å². The second-order valence-corrected chi connectivity index (χ2v) is 4.19. The van der Waals surface area contributed by atoms with E-state index in [2.05, 4.69) is 33.4 Å². The van der Waals surface area contributed by atoms with Crippen LogP contribution in [0.4, 0.5) is 0 Å². The third-order valence-corrected chi connectivity index (χ3v) is 2.96. The van der Waals surface area contributed by atoms with Gasteiger partial charge >= 0.3 is 0 Å². The first-order chi connectivity index (χ1) is 5.18. The van der Waals surface area contributed by atoms with Gasteiger partial charge in [-0.2, -0.15) is 12.6 Å². The molecular formula is C10H22S. The predicted molar refractivity (Wildman–Crippen MR) is 56.4 cm³/mol. The van der Waals surface area contributed by atoms with Crippen molar-refractivity contribution in [3.63, 3.8) is 0 Å². The van der Waals surface area contributed by atoms with E-state index in [1.54, 1.807) is 0 Å². The SMILES string of the molecule is CCCC(C)(CC)CCCS. The van der Waals surface area contributed by atoms with E-state index in [1.807, 2.05) is 0 Å². The molecule has 0 amide bonds. The van der Waals surface area contributed by atoms with E-state index < -0.39 is 0 Å². The number of hydrogen-bond donors (Lipinski definition) is 1. The van der Waals surface area contributed by atoms with Crippen molar-refractivity contribution in [2.75, 3.05) is 5.75 Å². The fourth-order valence-corrected chi connectivity index (χ4v) is 1.75. The van der Waals surface area contributed by atoms with Crippen LogP contribution in [0, 0.1) is 5.41 Å². The lowest BCUT2D eigenvalue weighted by molar-refractivity contribution is 0.256. The van der Waals surface area contributed by atoms with Crippen molar-refractivity contribution in [2.45, 2.75) is 52.9 Å². The minimum atomic E-state index is 0.595. The first kappa shape index (κ1) is 11.4. The van der Waals surface area contributed by atoms with E-state index >= 15 is 0 Å². The summed E-state index contributed by atoms with van der Waals surface area (Å²) in [5.74, 6) is 1.04. The molecule has 0 aliphatic carbocycles. The fraction of sp³-hybridized carbons (Fsp3) is 1.00. The Morgan fingerprint density at radius 3 is 2.18 bits per heavy atom. The summed E-state index contributed by atoms with van der Waals surface area (Å²) in [6.07, 6.45) is 6.62. The maximum atomic E-state index is 4.24. The van der Waals surface area contributed by atoms with E-state index in [9.17, 15) is 0 Å². The lowest BCUT2D eigenvalue weighted by Crippen LogP contribution is -2.14. The summed E-state index contributed by atoms with van der Waals surface area (Å²) in [4.78, 5) is 0. The van der Waals surface area contributed by atoms with Crippen LogP contribution in [-0.2, 0) is 0 Å². The number of thiol groups is 1. The van der Waals surface area contributed by atoms with Crippen LogP contribution >= 0.6 is 12.6 Å². The Hall–Kier alpha value is 0.350. The predicted octanol–water partition coefficient (Wildman–Crippen LogP) is 3.91. The van der Waals surface area contributed by atoms with E-state index in [1.165, 1.54) is 32.1 Å². The van der Waals surface area contributed by atoms with Gasteiger partial charge in [-0.3, -0.25) is 0 Å². The maximum Gasteiger partial charge on any atom is -0.00977 e. The lowest BCUT2D eigenvalue weighted by Gasteiger charge is -2.27. The molecule has 0 rings (SSSR count). The Morgan fingerprint density at radius 1 is 1.18 bits per heavy atom. The summed E-state index contributed by atoms with van der Waals surface area (Å²) in [7, 11) is 0. The zero-order chi connectivity index (χ0) is 8.74. The molecule has 1 atom stereocenters. The van der Waals surface area contributed by atoms with Gasteiger partial charge in [-0.05, 0) is 30.4 Å². The first-order valence-corrected chi connectivity index (χ1v) is 5.42. The minimum absolute atomic E-state index is 0.595. The fourth-order valence-electron chi connectivity index (χ4n) is 1.59. The van der Waals surface area contributed by atoms with Crippen molar-refractivity contribution in [1.29, 1.82) is 0 Å². The average Bonchev–Trinajstić information content (AvgIpc) is 2.02. The molecule has 0 aromatic rings. The lowest BCUT2D eigenvalue weighted by atomic mass is 9.79. The van der Waals surface area contributed by atoms with Crippen molar-refractivity contribution in [3.8, 4) is 0 Å². The van der Waals surface area contributed by atoms with Crippen molar-refractivity contribution in [1.82, 2.24) is 0 Å². The van der Waals surface area contributed by atoms with Gasteiger partial charge in [0.2, 0.25) is 0 Å². The Kier molecular flexibility index (Phi) is 6.12. The quantitative estimate of drug-likeness (QED) is 0.580. The number of hydrogen-bond acceptors (Lipinski definition) is 1. The normalized spacial score (nSPS) is 16.4. The van der Waals surface area contributed by atoms with E-state index in [4.69, 9.17) is 0 Å². The van der Waals surface area contributed by atoms with Crippen LogP contribution in [0.25, 0.3) is 0 Å². The van der Waals surface area contributed by atoms with Crippen LogP contribution in [-0.4, -0.2) is 5.75 Å². The summed E-state index contributed by atoms with van der Waals surface area (Å²) in [6, 6.07) is 0. The van der Waals surface area contributed by atoms with Gasteiger partial charge in [0.05, 0.1) is 0 Å². The van der Waals surface area contributed by atoms with Crippen LogP contribution in [0.15, 0.2) is 0 Å². The van der Waals surface area contributed by atoms with Crippen LogP contribution < -0.4 is 0 Å². The molecule has 11 heavy (non-hydrogen) atoms. The zero-order valence-electron chi connectivity index (χ0n) is 8.19. The molecule has 0 N–H and O–H groups in total. The molecule has 0 saturated heterocycles. The Labute approximate surface area is 77.2 Å².